The fourth-order valence-corrected chi connectivity index (χ4v) is 2.76. The van der Waals surface area contributed by atoms with Gasteiger partial charge in [-0.2, -0.15) is 5.10 Å². The Morgan fingerprint density at radius 1 is 1.29 bits per heavy atom. The van der Waals surface area contributed by atoms with Crippen LogP contribution in [0.5, 0.6) is 0 Å². The van der Waals surface area contributed by atoms with Crippen LogP contribution in [0, 0.1) is 0 Å². The number of nitrogens with one attached hydrogen (secondary N) is 1. The Morgan fingerprint density at radius 2 is 2.10 bits per heavy atom. The molecule has 1 heterocycles. The lowest BCUT2D eigenvalue weighted by Gasteiger charge is -2.18. The van der Waals surface area contributed by atoms with Crippen molar-refractivity contribution in [3.05, 3.63) is 53.9 Å². The molecule has 1 aromatic heterocycles. The second-order valence-corrected chi connectivity index (χ2v) is 6.03. The number of aryl methyl sites for hydroxylation is 2. The van der Waals surface area contributed by atoms with E-state index >= 15 is 0 Å². The second kappa shape index (κ2) is 6.90. The Labute approximate surface area is 127 Å². The minimum absolute atomic E-state index is 0.594. The van der Waals surface area contributed by atoms with Gasteiger partial charge < -0.3 is 5.32 Å². The summed E-state index contributed by atoms with van der Waals surface area (Å²) in [5.41, 5.74) is 2.80. The first-order valence-electron chi connectivity index (χ1n) is 8.15. The average Bonchev–Trinajstić information content (AvgIpc) is 3.25. The molecule has 3 nitrogen and oxygen atoms in total. The number of nitrogens with zero attached hydrogens (tertiary/aromatic N) is 2. The quantitative estimate of drug-likeness (QED) is 0.805. The molecule has 1 aliphatic carbocycles. The fourth-order valence-electron chi connectivity index (χ4n) is 2.76. The molecule has 1 atom stereocenters. The smallest absolute Gasteiger partial charge is 0.0521 e. The third kappa shape index (κ3) is 4.18. The Kier molecular flexibility index (Phi) is 4.71. The van der Waals surface area contributed by atoms with Gasteiger partial charge in [-0.25, -0.2) is 0 Å². The summed E-state index contributed by atoms with van der Waals surface area (Å²) in [6.45, 7) is 4.17. The van der Waals surface area contributed by atoms with E-state index in [1.165, 1.54) is 30.4 Å². The number of benzene rings is 1. The van der Waals surface area contributed by atoms with E-state index in [4.69, 9.17) is 0 Å². The van der Waals surface area contributed by atoms with Crippen LogP contribution in [-0.4, -0.2) is 22.4 Å². The summed E-state index contributed by atoms with van der Waals surface area (Å²) in [5.74, 6) is 0.594. The maximum absolute atomic E-state index is 4.37. The lowest BCUT2D eigenvalue weighted by molar-refractivity contribution is 0.548. The summed E-state index contributed by atoms with van der Waals surface area (Å²) in [7, 11) is 0. The van der Waals surface area contributed by atoms with Gasteiger partial charge in [0.05, 0.1) is 6.20 Å². The molecule has 0 bridgehead atoms. The highest BCUT2D eigenvalue weighted by Crippen LogP contribution is 2.24. The summed E-state index contributed by atoms with van der Waals surface area (Å²) >= 11 is 0. The van der Waals surface area contributed by atoms with E-state index in [9.17, 15) is 0 Å². The first-order chi connectivity index (χ1) is 10.3. The SMILES string of the molecule is CCn1cc(CCC(CNC2CC2)c2ccccc2)cn1. The molecule has 0 amide bonds. The van der Waals surface area contributed by atoms with E-state index in [-0.39, 0.29) is 0 Å². The first kappa shape index (κ1) is 14.3. The van der Waals surface area contributed by atoms with Gasteiger partial charge in [0.25, 0.3) is 0 Å². The molecule has 1 unspecified atom stereocenters. The average molecular weight is 283 g/mol. The van der Waals surface area contributed by atoms with Crippen LogP contribution in [0.25, 0.3) is 0 Å². The first-order valence-corrected chi connectivity index (χ1v) is 8.15. The van der Waals surface area contributed by atoms with E-state index in [2.05, 4.69) is 53.9 Å². The molecule has 3 heteroatoms. The monoisotopic (exact) mass is 283 g/mol. The maximum Gasteiger partial charge on any atom is 0.0521 e. The maximum atomic E-state index is 4.37. The topological polar surface area (TPSA) is 29.9 Å². The van der Waals surface area contributed by atoms with Crippen LogP contribution in [0.15, 0.2) is 42.7 Å². The molecule has 112 valence electrons. The molecule has 0 radical (unpaired) electrons. The molecule has 1 fully saturated rings. The normalized spacial score (nSPS) is 16.0. The van der Waals surface area contributed by atoms with Crippen LogP contribution < -0.4 is 5.32 Å². The van der Waals surface area contributed by atoms with Gasteiger partial charge in [0.1, 0.15) is 0 Å². The number of hydrogen-bond acceptors (Lipinski definition) is 2. The van der Waals surface area contributed by atoms with Crippen LogP contribution >= 0.6 is 0 Å². The predicted octanol–water partition coefficient (Wildman–Crippen LogP) is 3.37. The molecule has 0 saturated heterocycles. The predicted molar refractivity (Wildman–Crippen MR) is 86.4 cm³/mol. The molecule has 0 spiro atoms. The molecular weight excluding hydrogens is 258 g/mol. The van der Waals surface area contributed by atoms with E-state index in [1.807, 2.05) is 10.9 Å². The van der Waals surface area contributed by atoms with Crippen molar-refractivity contribution >= 4 is 0 Å². The molecule has 2 aromatic rings. The summed E-state index contributed by atoms with van der Waals surface area (Å²) < 4.78 is 2.01. The fraction of sp³-hybridized carbons (Fsp3) is 0.500. The van der Waals surface area contributed by atoms with Crippen molar-refractivity contribution in [3.63, 3.8) is 0 Å². The van der Waals surface area contributed by atoms with Crippen molar-refractivity contribution in [1.29, 1.82) is 0 Å². The van der Waals surface area contributed by atoms with Crippen molar-refractivity contribution in [2.45, 2.75) is 51.1 Å². The van der Waals surface area contributed by atoms with Gasteiger partial charge in [-0.15, -0.1) is 0 Å². The summed E-state index contributed by atoms with van der Waals surface area (Å²) in [5, 5.41) is 8.06. The van der Waals surface area contributed by atoms with Crippen LogP contribution in [0.4, 0.5) is 0 Å². The van der Waals surface area contributed by atoms with Gasteiger partial charge in [-0.3, -0.25) is 4.68 Å². The van der Waals surface area contributed by atoms with E-state index in [0.29, 0.717) is 5.92 Å². The number of rotatable bonds is 8. The van der Waals surface area contributed by atoms with E-state index in [0.717, 1.165) is 25.6 Å². The number of hydrogen-bond donors (Lipinski definition) is 1. The standard InChI is InChI=1S/C18H25N3/c1-2-21-14-15(12-20-21)8-9-17(13-19-18-10-11-18)16-6-4-3-5-7-16/h3-7,12,14,17-19H,2,8-11,13H2,1H3. The van der Waals surface area contributed by atoms with Crippen LogP contribution in [-0.2, 0) is 13.0 Å². The zero-order chi connectivity index (χ0) is 14.5. The zero-order valence-corrected chi connectivity index (χ0v) is 12.8. The van der Waals surface area contributed by atoms with E-state index in [1.54, 1.807) is 0 Å². The molecule has 0 aliphatic heterocycles. The molecule has 1 aromatic carbocycles. The Hall–Kier alpha value is -1.61. The molecule has 21 heavy (non-hydrogen) atoms. The highest BCUT2D eigenvalue weighted by Gasteiger charge is 2.22. The van der Waals surface area contributed by atoms with Gasteiger partial charge in [0, 0.05) is 25.3 Å². The Bertz CT molecular complexity index is 543. The highest BCUT2D eigenvalue weighted by atomic mass is 15.3. The Morgan fingerprint density at radius 3 is 2.76 bits per heavy atom. The Balaban J connectivity index is 1.60. The molecule has 1 N–H and O–H groups in total. The summed E-state index contributed by atoms with van der Waals surface area (Å²) in [6.07, 6.45) is 9.18. The van der Waals surface area contributed by atoms with Gasteiger partial charge >= 0.3 is 0 Å². The van der Waals surface area contributed by atoms with Crippen molar-refractivity contribution < 1.29 is 0 Å². The van der Waals surface area contributed by atoms with Gasteiger partial charge in [-0.05, 0) is 49.7 Å². The largest absolute Gasteiger partial charge is 0.313 e. The second-order valence-electron chi connectivity index (χ2n) is 6.03. The van der Waals surface area contributed by atoms with Crippen LogP contribution in [0.1, 0.15) is 43.2 Å². The third-order valence-electron chi connectivity index (χ3n) is 4.29. The van der Waals surface area contributed by atoms with Gasteiger partial charge in [0.2, 0.25) is 0 Å². The summed E-state index contributed by atoms with van der Waals surface area (Å²) in [4.78, 5) is 0. The van der Waals surface area contributed by atoms with Gasteiger partial charge in [-0.1, -0.05) is 30.3 Å². The minimum Gasteiger partial charge on any atom is -0.313 e. The van der Waals surface area contributed by atoms with E-state index < -0.39 is 0 Å². The van der Waals surface area contributed by atoms with Crippen molar-refractivity contribution in [3.8, 4) is 0 Å². The third-order valence-corrected chi connectivity index (χ3v) is 4.29. The molecular formula is C18H25N3. The lowest BCUT2D eigenvalue weighted by atomic mass is 9.93. The van der Waals surface area contributed by atoms with Crippen LogP contribution in [0.3, 0.4) is 0 Å². The van der Waals surface area contributed by atoms with Crippen molar-refractivity contribution in [1.82, 2.24) is 15.1 Å². The van der Waals surface area contributed by atoms with Crippen molar-refractivity contribution in [2.75, 3.05) is 6.54 Å². The van der Waals surface area contributed by atoms with Gasteiger partial charge in [0.15, 0.2) is 0 Å². The van der Waals surface area contributed by atoms with Crippen molar-refractivity contribution in [2.24, 2.45) is 0 Å². The molecule has 1 aliphatic rings. The molecule has 3 rings (SSSR count). The highest BCUT2D eigenvalue weighted by molar-refractivity contribution is 5.20. The minimum atomic E-state index is 0.594. The zero-order valence-electron chi connectivity index (χ0n) is 12.8. The molecule has 1 saturated carbocycles. The lowest BCUT2D eigenvalue weighted by Crippen LogP contribution is -2.24. The van der Waals surface area contributed by atoms with Crippen LogP contribution in [0.2, 0.25) is 0 Å². The number of aromatic nitrogens is 2. The summed E-state index contributed by atoms with van der Waals surface area (Å²) in [6, 6.07) is 11.7.